The molecule has 2 heterocycles. The molecule has 116 valence electrons. The molecule has 0 aromatic heterocycles. The molecule has 0 radical (unpaired) electrons. The summed E-state index contributed by atoms with van der Waals surface area (Å²) in [7, 11) is 0. The highest BCUT2D eigenvalue weighted by molar-refractivity contribution is 8.14. The van der Waals surface area contributed by atoms with Crippen molar-refractivity contribution in [3.8, 4) is 0 Å². The molecule has 3 fully saturated rings. The van der Waals surface area contributed by atoms with E-state index in [1.54, 1.807) is 0 Å². The molecule has 6 nitrogen and oxygen atoms in total. The van der Waals surface area contributed by atoms with Gasteiger partial charge in [0.15, 0.2) is 0 Å². The Morgan fingerprint density at radius 1 is 1.43 bits per heavy atom. The highest BCUT2D eigenvalue weighted by atomic mass is 32.2. The van der Waals surface area contributed by atoms with Crippen molar-refractivity contribution < 1.29 is 14.4 Å². The summed E-state index contributed by atoms with van der Waals surface area (Å²) < 4.78 is 0. The first-order chi connectivity index (χ1) is 10.1. The Hall–Kier alpha value is -1.08. The number of amides is 3. The molecule has 1 saturated carbocycles. The van der Waals surface area contributed by atoms with Gasteiger partial charge in [0.1, 0.15) is 0 Å². The standard InChI is InChI=1S/C14H21N3O3S/c18-11-8-21-13(20)17(11)6-5-16-12(19)14-4-2-1-3-10(14)7-15-9-14/h10,15H,1-9H2,(H,16,19)/t10-,14+/m0/s1. The summed E-state index contributed by atoms with van der Waals surface area (Å²) in [6.07, 6.45) is 4.36. The number of hydrogen-bond donors (Lipinski definition) is 2. The van der Waals surface area contributed by atoms with Crippen LogP contribution in [0.2, 0.25) is 0 Å². The zero-order valence-electron chi connectivity index (χ0n) is 12.0. The fourth-order valence-electron chi connectivity index (χ4n) is 3.74. The third-order valence-electron chi connectivity index (χ3n) is 4.95. The second-order valence-electron chi connectivity index (χ2n) is 6.09. The largest absolute Gasteiger partial charge is 0.354 e. The first-order valence-corrected chi connectivity index (χ1v) is 8.58. The van der Waals surface area contributed by atoms with Crippen molar-refractivity contribution in [2.24, 2.45) is 11.3 Å². The predicted octanol–water partition coefficient (Wildman–Crippen LogP) is 0.578. The van der Waals surface area contributed by atoms with Crippen LogP contribution in [0, 0.1) is 11.3 Å². The average Bonchev–Trinajstić information content (AvgIpc) is 3.05. The van der Waals surface area contributed by atoms with Crippen molar-refractivity contribution >= 4 is 28.8 Å². The summed E-state index contributed by atoms with van der Waals surface area (Å²) in [5.41, 5.74) is -0.272. The van der Waals surface area contributed by atoms with E-state index in [4.69, 9.17) is 0 Å². The molecule has 3 amide bonds. The molecule has 3 rings (SSSR count). The molecule has 0 aromatic carbocycles. The second kappa shape index (κ2) is 5.96. The summed E-state index contributed by atoms with van der Waals surface area (Å²) in [5, 5.41) is 6.09. The SMILES string of the molecule is O=C1CSC(=O)N1CCNC(=O)[C@@]12CCCC[C@H]1CNC2. The number of nitrogens with one attached hydrogen (secondary N) is 2. The van der Waals surface area contributed by atoms with Crippen LogP contribution in [0.4, 0.5) is 4.79 Å². The van der Waals surface area contributed by atoms with Gasteiger partial charge in [-0.05, 0) is 25.3 Å². The van der Waals surface area contributed by atoms with Gasteiger partial charge in [0, 0.05) is 19.6 Å². The maximum atomic E-state index is 12.6. The fourth-order valence-corrected chi connectivity index (χ4v) is 4.50. The monoisotopic (exact) mass is 311 g/mol. The van der Waals surface area contributed by atoms with E-state index in [-0.39, 0.29) is 34.8 Å². The van der Waals surface area contributed by atoms with Crippen LogP contribution in [0.1, 0.15) is 25.7 Å². The van der Waals surface area contributed by atoms with Crippen molar-refractivity contribution in [1.29, 1.82) is 0 Å². The minimum absolute atomic E-state index is 0.0870. The number of carbonyl (C=O) groups excluding carboxylic acids is 3. The van der Waals surface area contributed by atoms with Gasteiger partial charge in [-0.15, -0.1) is 0 Å². The third kappa shape index (κ3) is 2.68. The van der Waals surface area contributed by atoms with Gasteiger partial charge < -0.3 is 10.6 Å². The molecule has 0 bridgehead atoms. The predicted molar refractivity (Wildman–Crippen MR) is 79.8 cm³/mol. The molecular weight excluding hydrogens is 290 g/mol. The third-order valence-corrected chi connectivity index (χ3v) is 5.81. The lowest BCUT2D eigenvalue weighted by Crippen LogP contribution is -2.49. The second-order valence-corrected chi connectivity index (χ2v) is 7.01. The van der Waals surface area contributed by atoms with Gasteiger partial charge in [0.25, 0.3) is 5.24 Å². The molecule has 0 unspecified atom stereocenters. The molecular formula is C14H21N3O3S. The Morgan fingerprint density at radius 2 is 2.29 bits per heavy atom. The summed E-state index contributed by atoms with van der Waals surface area (Å²) >= 11 is 1.03. The van der Waals surface area contributed by atoms with Crippen LogP contribution >= 0.6 is 11.8 Å². The minimum atomic E-state index is -0.272. The Kier molecular flexibility index (Phi) is 4.21. The van der Waals surface area contributed by atoms with Crippen LogP contribution in [0.25, 0.3) is 0 Å². The van der Waals surface area contributed by atoms with E-state index in [2.05, 4.69) is 10.6 Å². The van der Waals surface area contributed by atoms with Gasteiger partial charge in [-0.25, -0.2) is 0 Å². The summed E-state index contributed by atoms with van der Waals surface area (Å²) in [5.74, 6) is 0.583. The highest BCUT2D eigenvalue weighted by Gasteiger charge is 2.49. The van der Waals surface area contributed by atoms with Crippen molar-refractivity contribution in [2.45, 2.75) is 25.7 Å². The van der Waals surface area contributed by atoms with E-state index in [1.807, 2.05) is 0 Å². The highest BCUT2D eigenvalue weighted by Crippen LogP contribution is 2.43. The van der Waals surface area contributed by atoms with E-state index >= 15 is 0 Å². The van der Waals surface area contributed by atoms with E-state index in [0.29, 0.717) is 12.5 Å². The van der Waals surface area contributed by atoms with Crippen LogP contribution < -0.4 is 10.6 Å². The summed E-state index contributed by atoms with van der Waals surface area (Å²) in [6.45, 7) is 2.31. The topological polar surface area (TPSA) is 78.5 Å². The number of carbonyl (C=O) groups is 3. The number of fused-ring (bicyclic) bond motifs is 1. The number of thioether (sulfide) groups is 1. The Bertz CT molecular complexity index is 454. The van der Waals surface area contributed by atoms with E-state index in [1.165, 1.54) is 11.3 Å². The number of imide groups is 1. The van der Waals surface area contributed by atoms with Crippen molar-refractivity contribution in [2.75, 3.05) is 31.9 Å². The van der Waals surface area contributed by atoms with Gasteiger partial charge in [-0.2, -0.15) is 0 Å². The smallest absolute Gasteiger partial charge is 0.288 e. The molecule has 2 N–H and O–H groups in total. The molecule has 21 heavy (non-hydrogen) atoms. The Balaban J connectivity index is 1.54. The Labute approximate surface area is 128 Å². The molecule has 0 aromatic rings. The number of rotatable bonds is 4. The van der Waals surface area contributed by atoms with Crippen molar-refractivity contribution in [3.05, 3.63) is 0 Å². The van der Waals surface area contributed by atoms with Crippen LogP contribution in [0.3, 0.4) is 0 Å². The molecule has 2 saturated heterocycles. The van der Waals surface area contributed by atoms with E-state index in [0.717, 1.165) is 44.1 Å². The zero-order valence-corrected chi connectivity index (χ0v) is 12.8. The summed E-state index contributed by atoms with van der Waals surface area (Å²) in [4.78, 5) is 36.8. The van der Waals surface area contributed by atoms with Crippen LogP contribution in [-0.4, -0.2) is 53.9 Å². The minimum Gasteiger partial charge on any atom is -0.354 e. The maximum absolute atomic E-state index is 12.6. The van der Waals surface area contributed by atoms with Gasteiger partial charge >= 0.3 is 0 Å². The van der Waals surface area contributed by atoms with Gasteiger partial charge in [-0.1, -0.05) is 24.6 Å². The van der Waals surface area contributed by atoms with Gasteiger partial charge in [-0.3, -0.25) is 19.3 Å². The molecule has 0 spiro atoms. The van der Waals surface area contributed by atoms with E-state index in [9.17, 15) is 14.4 Å². The maximum Gasteiger partial charge on any atom is 0.288 e. The summed E-state index contributed by atoms with van der Waals surface area (Å²) in [6, 6.07) is 0. The quantitative estimate of drug-likeness (QED) is 0.794. The van der Waals surface area contributed by atoms with E-state index < -0.39 is 0 Å². The van der Waals surface area contributed by atoms with Crippen LogP contribution in [-0.2, 0) is 9.59 Å². The Morgan fingerprint density at radius 3 is 3.05 bits per heavy atom. The average molecular weight is 311 g/mol. The fraction of sp³-hybridized carbons (Fsp3) is 0.786. The molecule has 7 heteroatoms. The zero-order chi connectivity index (χ0) is 14.9. The molecule has 3 aliphatic rings. The lowest BCUT2D eigenvalue weighted by atomic mass is 9.67. The first kappa shape index (κ1) is 14.8. The number of hydrogen-bond acceptors (Lipinski definition) is 5. The van der Waals surface area contributed by atoms with Crippen molar-refractivity contribution in [1.82, 2.24) is 15.5 Å². The lowest BCUT2D eigenvalue weighted by Gasteiger charge is -2.37. The van der Waals surface area contributed by atoms with Crippen LogP contribution in [0.15, 0.2) is 0 Å². The van der Waals surface area contributed by atoms with Crippen LogP contribution in [0.5, 0.6) is 0 Å². The number of nitrogens with zero attached hydrogens (tertiary/aromatic N) is 1. The molecule has 1 aliphatic carbocycles. The van der Waals surface area contributed by atoms with Gasteiger partial charge in [0.2, 0.25) is 11.8 Å². The van der Waals surface area contributed by atoms with Crippen molar-refractivity contribution in [3.63, 3.8) is 0 Å². The van der Waals surface area contributed by atoms with Gasteiger partial charge in [0.05, 0.1) is 11.2 Å². The lowest BCUT2D eigenvalue weighted by molar-refractivity contribution is -0.134. The molecule has 2 atom stereocenters. The normalized spacial score (nSPS) is 32.4. The first-order valence-electron chi connectivity index (χ1n) is 7.60. The molecule has 2 aliphatic heterocycles.